The fraction of sp³-hybridized carbons (Fsp3) is 0.400. The van der Waals surface area contributed by atoms with Crippen LogP contribution in [0, 0.1) is 5.82 Å². The van der Waals surface area contributed by atoms with Crippen molar-refractivity contribution in [3.63, 3.8) is 0 Å². The number of ether oxygens (including phenoxy) is 1. The molecule has 1 heterocycles. The molecule has 0 bridgehead atoms. The number of aromatic nitrogens is 2. The Morgan fingerprint density at radius 3 is 2.90 bits per heavy atom. The fourth-order valence-corrected chi connectivity index (χ4v) is 1.84. The predicted molar refractivity (Wildman–Crippen MR) is 73.9 cm³/mol. The van der Waals surface area contributed by atoms with Crippen molar-refractivity contribution in [2.75, 3.05) is 0 Å². The zero-order valence-corrected chi connectivity index (χ0v) is 11.7. The van der Waals surface area contributed by atoms with Crippen LogP contribution in [0.15, 0.2) is 30.5 Å². The molecular formula is C15H19FN2O2. The van der Waals surface area contributed by atoms with Crippen LogP contribution in [-0.4, -0.2) is 14.9 Å². The Morgan fingerprint density at radius 2 is 2.20 bits per heavy atom. The molecule has 0 fully saturated rings. The second-order valence-electron chi connectivity index (χ2n) is 4.79. The minimum atomic E-state index is -0.420. The molecule has 0 saturated heterocycles. The lowest BCUT2D eigenvalue weighted by molar-refractivity contribution is 0.275. The van der Waals surface area contributed by atoms with Gasteiger partial charge >= 0.3 is 0 Å². The van der Waals surface area contributed by atoms with Crippen molar-refractivity contribution in [2.45, 2.75) is 39.5 Å². The predicted octanol–water partition coefficient (Wildman–Crippen LogP) is 3.06. The first-order valence-electron chi connectivity index (χ1n) is 6.69. The lowest BCUT2D eigenvalue weighted by Crippen LogP contribution is -2.05. The zero-order valence-electron chi connectivity index (χ0n) is 11.7. The van der Waals surface area contributed by atoms with Gasteiger partial charge in [0.1, 0.15) is 18.2 Å². The van der Waals surface area contributed by atoms with Gasteiger partial charge in [-0.1, -0.05) is 6.92 Å². The summed E-state index contributed by atoms with van der Waals surface area (Å²) in [4.78, 5) is 0. The molecule has 0 amide bonds. The van der Waals surface area contributed by atoms with E-state index in [1.807, 2.05) is 16.9 Å². The Morgan fingerprint density at radius 1 is 1.40 bits per heavy atom. The highest BCUT2D eigenvalue weighted by molar-refractivity contribution is 5.29. The topological polar surface area (TPSA) is 47.3 Å². The molecular weight excluding hydrogens is 259 g/mol. The number of rotatable bonds is 6. The average Bonchev–Trinajstić information content (AvgIpc) is 2.92. The van der Waals surface area contributed by atoms with Crippen molar-refractivity contribution < 1.29 is 14.2 Å². The molecule has 0 aliphatic rings. The summed E-state index contributed by atoms with van der Waals surface area (Å²) in [5.74, 6) is -0.0242. The molecule has 0 aliphatic heterocycles. The summed E-state index contributed by atoms with van der Waals surface area (Å²) < 4.78 is 20.7. The van der Waals surface area contributed by atoms with Gasteiger partial charge in [0.15, 0.2) is 0 Å². The normalized spacial score (nSPS) is 12.4. The Bertz CT molecular complexity index is 569. The standard InChI is InChI=1S/C15H19FN2O2/c1-3-11(2)18-5-4-14(17-18)10-20-15-7-12(9-19)6-13(16)8-15/h4-8,11,19H,3,9-10H2,1-2H3. The van der Waals surface area contributed by atoms with Crippen LogP contribution in [0.25, 0.3) is 0 Å². The van der Waals surface area contributed by atoms with Gasteiger partial charge in [-0.15, -0.1) is 0 Å². The third kappa shape index (κ3) is 3.57. The van der Waals surface area contributed by atoms with Crippen LogP contribution < -0.4 is 4.74 Å². The SMILES string of the molecule is CCC(C)n1ccc(COc2cc(F)cc(CO)c2)n1. The van der Waals surface area contributed by atoms with Crippen LogP contribution in [0.3, 0.4) is 0 Å². The van der Waals surface area contributed by atoms with Gasteiger partial charge < -0.3 is 9.84 Å². The fourth-order valence-electron chi connectivity index (χ4n) is 1.84. The van der Waals surface area contributed by atoms with Crippen molar-refractivity contribution >= 4 is 0 Å². The molecule has 1 unspecified atom stereocenters. The molecule has 4 nitrogen and oxygen atoms in total. The van der Waals surface area contributed by atoms with E-state index in [1.54, 1.807) is 6.07 Å². The van der Waals surface area contributed by atoms with E-state index in [0.717, 1.165) is 12.1 Å². The number of hydrogen-bond donors (Lipinski definition) is 1. The number of aliphatic hydroxyl groups excluding tert-OH is 1. The largest absolute Gasteiger partial charge is 0.487 e. The summed E-state index contributed by atoms with van der Waals surface area (Å²) in [6, 6.07) is 6.43. The molecule has 1 aromatic heterocycles. The molecule has 2 aromatic rings. The van der Waals surface area contributed by atoms with Gasteiger partial charge in [-0.25, -0.2) is 4.39 Å². The minimum Gasteiger partial charge on any atom is -0.487 e. The molecule has 0 saturated carbocycles. The van der Waals surface area contributed by atoms with E-state index in [2.05, 4.69) is 18.9 Å². The van der Waals surface area contributed by atoms with Crippen LogP contribution in [0.1, 0.15) is 37.6 Å². The van der Waals surface area contributed by atoms with Crippen LogP contribution in [0.2, 0.25) is 0 Å². The quantitative estimate of drug-likeness (QED) is 0.883. The first-order valence-corrected chi connectivity index (χ1v) is 6.69. The molecule has 1 atom stereocenters. The highest BCUT2D eigenvalue weighted by atomic mass is 19.1. The smallest absolute Gasteiger partial charge is 0.132 e. The molecule has 0 radical (unpaired) electrons. The summed E-state index contributed by atoms with van der Waals surface area (Å²) in [7, 11) is 0. The van der Waals surface area contributed by atoms with Gasteiger partial charge in [0.05, 0.1) is 12.3 Å². The third-order valence-electron chi connectivity index (χ3n) is 3.21. The maximum absolute atomic E-state index is 13.3. The van der Waals surface area contributed by atoms with Crippen LogP contribution in [0.5, 0.6) is 5.75 Å². The first kappa shape index (κ1) is 14.5. The lowest BCUT2D eigenvalue weighted by Gasteiger charge is -2.09. The van der Waals surface area contributed by atoms with E-state index in [1.165, 1.54) is 12.1 Å². The molecule has 0 spiro atoms. The first-order chi connectivity index (χ1) is 9.62. The van der Waals surface area contributed by atoms with E-state index in [4.69, 9.17) is 9.84 Å². The number of benzene rings is 1. The molecule has 5 heteroatoms. The molecule has 1 aromatic carbocycles. The van der Waals surface area contributed by atoms with Gasteiger partial charge in [-0.2, -0.15) is 5.10 Å². The van der Waals surface area contributed by atoms with Gasteiger partial charge in [-0.05, 0) is 37.1 Å². The van der Waals surface area contributed by atoms with Gasteiger partial charge in [-0.3, -0.25) is 4.68 Å². The summed E-state index contributed by atoms with van der Waals surface area (Å²) in [6.45, 7) is 4.26. The summed E-state index contributed by atoms with van der Waals surface area (Å²) >= 11 is 0. The maximum Gasteiger partial charge on any atom is 0.132 e. The Kier molecular flexibility index (Phi) is 4.74. The Hall–Kier alpha value is -1.88. The Balaban J connectivity index is 2.01. The van der Waals surface area contributed by atoms with Crippen LogP contribution in [-0.2, 0) is 13.2 Å². The van der Waals surface area contributed by atoms with Gasteiger partial charge in [0.25, 0.3) is 0 Å². The molecule has 108 valence electrons. The van der Waals surface area contributed by atoms with Crippen LogP contribution >= 0.6 is 0 Å². The van der Waals surface area contributed by atoms with Crippen molar-refractivity contribution in [3.05, 3.63) is 47.5 Å². The molecule has 0 aliphatic carbocycles. The summed E-state index contributed by atoms with van der Waals surface area (Å²) in [6.07, 6.45) is 2.92. The monoisotopic (exact) mass is 278 g/mol. The number of nitrogens with zero attached hydrogens (tertiary/aromatic N) is 2. The molecule has 20 heavy (non-hydrogen) atoms. The second kappa shape index (κ2) is 6.52. The van der Waals surface area contributed by atoms with Gasteiger partial charge in [0.2, 0.25) is 0 Å². The zero-order chi connectivity index (χ0) is 14.5. The minimum absolute atomic E-state index is 0.212. The van der Waals surface area contributed by atoms with Crippen LogP contribution in [0.4, 0.5) is 4.39 Å². The lowest BCUT2D eigenvalue weighted by atomic mass is 10.2. The highest BCUT2D eigenvalue weighted by Crippen LogP contribution is 2.18. The average molecular weight is 278 g/mol. The highest BCUT2D eigenvalue weighted by Gasteiger charge is 2.06. The van der Waals surface area contributed by atoms with E-state index < -0.39 is 5.82 Å². The third-order valence-corrected chi connectivity index (χ3v) is 3.21. The van der Waals surface area contributed by atoms with E-state index in [9.17, 15) is 4.39 Å². The van der Waals surface area contributed by atoms with Gasteiger partial charge in [0, 0.05) is 18.3 Å². The Labute approximate surface area is 117 Å². The van der Waals surface area contributed by atoms with E-state index in [0.29, 0.717) is 17.4 Å². The maximum atomic E-state index is 13.3. The van der Waals surface area contributed by atoms with E-state index >= 15 is 0 Å². The molecule has 1 N–H and O–H groups in total. The van der Waals surface area contributed by atoms with E-state index in [-0.39, 0.29) is 13.2 Å². The van der Waals surface area contributed by atoms with Crippen molar-refractivity contribution in [1.82, 2.24) is 9.78 Å². The van der Waals surface area contributed by atoms with Crippen molar-refractivity contribution in [2.24, 2.45) is 0 Å². The summed E-state index contributed by atoms with van der Waals surface area (Å²) in [5.41, 5.74) is 1.28. The second-order valence-corrected chi connectivity index (χ2v) is 4.79. The number of halogens is 1. The summed E-state index contributed by atoms with van der Waals surface area (Å²) in [5, 5.41) is 13.4. The van der Waals surface area contributed by atoms with Crippen molar-refractivity contribution in [3.8, 4) is 5.75 Å². The van der Waals surface area contributed by atoms with Crippen molar-refractivity contribution in [1.29, 1.82) is 0 Å². The number of aliphatic hydroxyl groups is 1. The number of hydrogen-bond acceptors (Lipinski definition) is 3. The molecule has 2 rings (SSSR count).